The van der Waals surface area contributed by atoms with E-state index in [-0.39, 0.29) is 18.3 Å². The van der Waals surface area contributed by atoms with E-state index < -0.39 is 0 Å². The molecule has 1 aliphatic rings. The monoisotopic (exact) mass is 279 g/mol. The van der Waals surface area contributed by atoms with Crippen molar-refractivity contribution < 1.29 is 9.84 Å². The predicted molar refractivity (Wildman–Crippen MR) is 78.2 cm³/mol. The number of hydrogen-bond donors (Lipinski definition) is 1. The molecule has 1 aromatic heterocycles. The summed E-state index contributed by atoms with van der Waals surface area (Å²) < 4.78 is 5.91. The van der Waals surface area contributed by atoms with E-state index in [1.165, 1.54) is 4.88 Å². The fraction of sp³-hybridized carbons (Fsp3) is 0.600. The third-order valence-electron chi connectivity index (χ3n) is 2.97. The highest BCUT2D eigenvalue weighted by molar-refractivity contribution is 7.12. The Morgan fingerprint density at radius 2 is 2.32 bits per heavy atom. The largest absolute Gasteiger partial charge is 0.384 e. The van der Waals surface area contributed by atoms with E-state index in [0.717, 1.165) is 24.5 Å². The molecule has 0 saturated carbocycles. The third kappa shape index (κ3) is 4.32. The molecule has 1 unspecified atom stereocenters. The summed E-state index contributed by atoms with van der Waals surface area (Å²) in [5.41, 5.74) is -0.0750. The second-order valence-corrected chi connectivity index (χ2v) is 6.75. The molecular weight excluding hydrogens is 258 g/mol. The summed E-state index contributed by atoms with van der Waals surface area (Å²) in [6.07, 6.45) is 0.275. The van der Waals surface area contributed by atoms with Crippen molar-refractivity contribution in [2.45, 2.75) is 39.0 Å². The molecule has 2 rings (SSSR count). The minimum Gasteiger partial charge on any atom is -0.384 e. The number of ether oxygens (including phenoxy) is 1. The summed E-state index contributed by atoms with van der Waals surface area (Å²) in [4.78, 5) is 4.76. The summed E-state index contributed by atoms with van der Waals surface area (Å²) in [6.45, 7) is 9.20. The molecule has 0 radical (unpaired) electrons. The van der Waals surface area contributed by atoms with E-state index in [4.69, 9.17) is 9.84 Å². The van der Waals surface area contributed by atoms with Gasteiger partial charge in [0.15, 0.2) is 0 Å². The number of thiophene rings is 1. The highest BCUT2D eigenvalue weighted by Crippen LogP contribution is 2.24. The zero-order chi connectivity index (χ0) is 13.9. The minimum atomic E-state index is -0.0810. The van der Waals surface area contributed by atoms with Gasteiger partial charge in [-0.05, 0) is 32.9 Å². The van der Waals surface area contributed by atoms with Crippen molar-refractivity contribution in [3.8, 4) is 11.8 Å². The van der Waals surface area contributed by atoms with Crippen molar-refractivity contribution in [3.05, 3.63) is 21.9 Å². The molecule has 3 nitrogen and oxygen atoms in total. The van der Waals surface area contributed by atoms with Crippen LogP contribution in [0.25, 0.3) is 0 Å². The van der Waals surface area contributed by atoms with Gasteiger partial charge in [-0.3, -0.25) is 4.90 Å². The Labute approximate surface area is 119 Å². The Morgan fingerprint density at radius 1 is 1.53 bits per heavy atom. The van der Waals surface area contributed by atoms with Crippen LogP contribution < -0.4 is 0 Å². The predicted octanol–water partition coefficient (Wildman–Crippen LogP) is 2.09. The van der Waals surface area contributed by atoms with E-state index in [2.05, 4.69) is 43.6 Å². The lowest BCUT2D eigenvalue weighted by atomic mass is 10.1. The summed E-state index contributed by atoms with van der Waals surface area (Å²) >= 11 is 1.70. The molecule has 104 valence electrons. The van der Waals surface area contributed by atoms with Gasteiger partial charge in [-0.1, -0.05) is 11.8 Å². The van der Waals surface area contributed by atoms with Crippen molar-refractivity contribution in [1.82, 2.24) is 4.90 Å². The molecule has 2 heterocycles. The van der Waals surface area contributed by atoms with Gasteiger partial charge in [-0.25, -0.2) is 0 Å². The molecule has 1 aliphatic heterocycles. The first-order chi connectivity index (χ1) is 8.98. The van der Waals surface area contributed by atoms with Crippen molar-refractivity contribution in [2.24, 2.45) is 0 Å². The molecule has 0 aliphatic carbocycles. The SMILES string of the molecule is CC1CN(Cc2ccc(C#CCO)s2)CC(C)(C)O1. The van der Waals surface area contributed by atoms with Gasteiger partial charge < -0.3 is 9.84 Å². The van der Waals surface area contributed by atoms with Crippen LogP contribution in [-0.2, 0) is 11.3 Å². The smallest absolute Gasteiger partial charge is 0.104 e. The van der Waals surface area contributed by atoms with E-state index in [1.54, 1.807) is 11.3 Å². The molecule has 0 spiro atoms. The van der Waals surface area contributed by atoms with Crippen LogP contribution in [-0.4, -0.2) is 41.4 Å². The van der Waals surface area contributed by atoms with Gasteiger partial charge in [-0.15, -0.1) is 11.3 Å². The number of hydrogen-bond acceptors (Lipinski definition) is 4. The summed E-state index contributed by atoms with van der Waals surface area (Å²) in [5.74, 6) is 5.64. The fourth-order valence-corrected chi connectivity index (χ4v) is 3.51. The maximum Gasteiger partial charge on any atom is 0.104 e. The zero-order valence-corrected chi connectivity index (χ0v) is 12.6. The van der Waals surface area contributed by atoms with Crippen LogP contribution in [0.3, 0.4) is 0 Å². The number of aliphatic hydroxyl groups is 1. The molecule has 0 bridgehead atoms. The van der Waals surface area contributed by atoms with Gasteiger partial charge in [0.2, 0.25) is 0 Å². The van der Waals surface area contributed by atoms with Crippen LogP contribution in [0.1, 0.15) is 30.5 Å². The Hall–Kier alpha value is -0.860. The fourth-order valence-electron chi connectivity index (χ4n) is 2.58. The highest BCUT2D eigenvalue weighted by atomic mass is 32.1. The quantitative estimate of drug-likeness (QED) is 0.842. The summed E-state index contributed by atoms with van der Waals surface area (Å²) in [6, 6.07) is 4.15. The molecule has 1 atom stereocenters. The molecule has 19 heavy (non-hydrogen) atoms. The topological polar surface area (TPSA) is 32.7 Å². The Morgan fingerprint density at radius 3 is 3.00 bits per heavy atom. The van der Waals surface area contributed by atoms with E-state index in [1.807, 2.05) is 6.07 Å². The summed E-state index contributed by atoms with van der Waals surface area (Å²) in [7, 11) is 0. The number of nitrogens with zero attached hydrogens (tertiary/aromatic N) is 1. The number of aliphatic hydroxyl groups excluding tert-OH is 1. The van der Waals surface area contributed by atoms with Gasteiger partial charge in [-0.2, -0.15) is 0 Å². The first kappa shape index (κ1) is 14.5. The van der Waals surface area contributed by atoms with E-state index >= 15 is 0 Å². The van der Waals surface area contributed by atoms with Crippen LogP contribution in [0, 0.1) is 11.8 Å². The average molecular weight is 279 g/mol. The molecule has 0 amide bonds. The molecule has 1 fully saturated rings. The molecule has 1 N–H and O–H groups in total. The molecule has 0 aromatic carbocycles. The number of morpholine rings is 1. The lowest BCUT2D eigenvalue weighted by Gasteiger charge is -2.41. The van der Waals surface area contributed by atoms with Crippen LogP contribution in [0.2, 0.25) is 0 Å². The highest BCUT2D eigenvalue weighted by Gasteiger charge is 2.31. The standard InChI is InChI=1S/C15H21NO2S/c1-12-9-16(11-15(2,3)18-12)10-14-7-6-13(19-14)5-4-8-17/h6-7,12,17H,8-11H2,1-3H3. The van der Waals surface area contributed by atoms with Crippen molar-refractivity contribution in [1.29, 1.82) is 0 Å². The van der Waals surface area contributed by atoms with E-state index in [0.29, 0.717) is 0 Å². The van der Waals surface area contributed by atoms with Gasteiger partial charge >= 0.3 is 0 Å². The van der Waals surface area contributed by atoms with Crippen LogP contribution >= 0.6 is 11.3 Å². The second kappa shape index (κ2) is 6.06. The molecule has 1 saturated heterocycles. The van der Waals surface area contributed by atoms with E-state index in [9.17, 15) is 0 Å². The summed E-state index contributed by atoms with van der Waals surface area (Å²) in [5, 5.41) is 8.69. The first-order valence-corrected chi connectivity index (χ1v) is 7.39. The van der Waals surface area contributed by atoms with Crippen LogP contribution in [0.15, 0.2) is 12.1 Å². The average Bonchev–Trinajstić information content (AvgIpc) is 2.71. The maximum atomic E-state index is 8.69. The lowest BCUT2D eigenvalue weighted by molar-refractivity contribution is -0.130. The minimum absolute atomic E-state index is 0.0750. The van der Waals surface area contributed by atoms with Crippen LogP contribution in [0.4, 0.5) is 0 Å². The normalized spacial score (nSPS) is 22.8. The zero-order valence-electron chi connectivity index (χ0n) is 11.8. The van der Waals surface area contributed by atoms with Crippen molar-refractivity contribution in [3.63, 3.8) is 0 Å². The number of rotatable bonds is 2. The Bertz CT molecular complexity index is 484. The second-order valence-electron chi connectivity index (χ2n) is 5.58. The maximum absolute atomic E-state index is 8.69. The van der Waals surface area contributed by atoms with Gasteiger partial charge in [0.1, 0.15) is 6.61 Å². The van der Waals surface area contributed by atoms with Gasteiger partial charge in [0, 0.05) is 24.5 Å². The van der Waals surface area contributed by atoms with Gasteiger partial charge in [0.05, 0.1) is 16.6 Å². The third-order valence-corrected chi connectivity index (χ3v) is 3.96. The molecule has 4 heteroatoms. The van der Waals surface area contributed by atoms with Gasteiger partial charge in [0.25, 0.3) is 0 Å². The van der Waals surface area contributed by atoms with Crippen LogP contribution in [0.5, 0.6) is 0 Å². The molecular formula is C15H21NO2S. The Balaban J connectivity index is 1.99. The molecule has 1 aromatic rings. The Kier molecular flexibility index (Phi) is 4.64. The van der Waals surface area contributed by atoms with Crippen molar-refractivity contribution in [2.75, 3.05) is 19.7 Å². The lowest BCUT2D eigenvalue weighted by Crippen LogP contribution is -2.51. The van der Waals surface area contributed by atoms with Crippen molar-refractivity contribution >= 4 is 11.3 Å². The first-order valence-electron chi connectivity index (χ1n) is 6.57.